The van der Waals surface area contributed by atoms with E-state index in [2.05, 4.69) is 13.8 Å². The summed E-state index contributed by atoms with van der Waals surface area (Å²) in [4.78, 5) is 24.8. The maximum absolute atomic E-state index is 12.5. The maximum Gasteiger partial charge on any atom is 0.338 e. The van der Waals surface area contributed by atoms with Crippen molar-refractivity contribution in [2.45, 2.75) is 155 Å². The first-order valence-corrected chi connectivity index (χ1v) is 17.2. The minimum atomic E-state index is -0.273. The first kappa shape index (κ1) is 35.6. The Labute approximate surface area is 257 Å². The first-order chi connectivity index (χ1) is 20.5. The molecule has 0 saturated heterocycles. The highest BCUT2D eigenvalue weighted by molar-refractivity contribution is 5.90. The van der Waals surface area contributed by atoms with Crippen LogP contribution in [-0.4, -0.2) is 18.0 Å². The molecule has 0 saturated carbocycles. The normalized spacial score (nSPS) is 11.8. The zero-order valence-electron chi connectivity index (χ0n) is 27.0. The number of esters is 2. The minimum absolute atomic E-state index is 0.0707. The minimum Gasteiger partial charge on any atom is -0.459 e. The third kappa shape index (κ3) is 16.1. The van der Waals surface area contributed by atoms with E-state index in [1.165, 1.54) is 96.3 Å². The van der Waals surface area contributed by atoms with Gasteiger partial charge in [-0.3, -0.25) is 4.79 Å². The average molecular weight is 579 g/mol. The molecule has 2 aromatic carbocycles. The maximum atomic E-state index is 12.5. The lowest BCUT2D eigenvalue weighted by Crippen LogP contribution is -2.15. The molecule has 1 unspecified atom stereocenters. The van der Waals surface area contributed by atoms with Crippen LogP contribution in [-0.2, 0) is 9.53 Å². The fraction of sp³-hybridized carbons (Fsp3) is 0.632. The van der Waals surface area contributed by atoms with Crippen molar-refractivity contribution in [1.82, 2.24) is 0 Å². The summed E-state index contributed by atoms with van der Waals surface area (Å²) < 4.78 is 11.2. The highest BCUT2D eigenvalue weighted by atomic mass is 16.5. The van der Waals surface area contributed by atoms with Gasteiger partial charge in [0.15, 0.2) is 0 Å². The number of rotatable bonds is 24. The number of carbonyl (C=O) groups excluding carboxylic acids is 2. The fourth-order valence-corrected chi connectivity index (χ4v) is 5.33. The van der Waals surface area contributed by atoms with Crippen LogP contribution in [0.4, 0.5) is 0 Å². The molecular formula is C38H58O4. The second kappa shape index (κ2) is 22.9. The molecule has 234 valence electrons. The molecule has 0 heterocycles. The van der Waals surface area contributed by atoms with Crippen LogP contribution in [0.2, 0.25) is 0 Å². The largest absolute Gasteiger partial charge is 0.459 e. The second-order valence-corrected chi connectivity index (χ2v) is 12.0. The molecule has 0 radical (unpaired) electrons. The van der Waals surface area contributed by atoms with E-state index in [0.29, 0.717) is 17.7 Å². The van der Waals surface area contributed by atoms with Gasteiger partial charge < -0.3 is 9.47 Å². The summed E-state index contributed by atoms with van der Waals surface area (Å²) in [5.41, 5.74) is 2.57. The average Bonchev–Trinajstić information content (AvgIpc) is 3.00. The van der Waals surface area contributed by atoms with Crippen LogP contribution < -0.4 is 4.74 Å². The summed E-state index contributed by atoms with van der Waals surface area (Å²) >= 11 is 0. The standard InChI is InChI=1S/C38H58O4/c1-4-6-8-10-11-12-13-14-15-16-17-18-19-21-23-37(39)42-36-30-28-34(29-31-36)33-24-26-35(27-25-33)38(40)41-32(3)22-20-9-7-5-2/h24-32H,4-23H2,1-3H3. The van der Waals surface area contributed by atoms with Gasteiger partial charge in [0.2, 0.25) is 0 Å². The molecule has 0 aliphatic carbocycles. The predicted octanol–water partition coefficient (Wildman–Crippen LogP) is 11.6. The molecule has 2 aromatic rings. The van der Waals surface area contributed by atoms with E-state index in [9.17, 15) is 9.59 Å². The summed E-state index contributed by atoms with van der Waals surface area (Å²) in [5.74, 6) is 0.136. The Morgan fingerprint density at radius 1 is 0.571 bits per heavy atom. The van der Waals surface area contributed by atoms with E-state index < -0.39 is 0 Å². The van der Waals surface area contributed by atoms with Gasteiger partial charge in [-0.05, 0) is 61.6 Å². The van der Waals surface area contributed by atoms with Crippen molar-refractivity contribution in [3.63, 3.8) is 0 Å². The van der Waals surface area contributed by atoms with Crippen molar-refractivity contribution in [3.8, 4) is 16.9 Å². The van der Waals surface area contributed by atoms with Crippen LogP contribution in [0.1, 0.15) is 160 Å². The van der Waals surface area contributed by atoms with Gasteiger partial charge in [-0.2, -0.15) is 0 Å². The van der Waals surface area contributed by atoms with Crippen molar-refractivity contribution in [2.75, 3.05) is 0 Å². The van der Waals surface area contributed by atoms with E-state index in [1.807, 2.05) is 55.5 Å². The molecule has 0 aliphatic heterocycles. The highest BCUT2D eigenvalue weighted by Gasteiger charge is 2.12. The number of hydrogen-bond acceptors (Lipinski definition) is 4. The van der Waals surface area contributed by atoms with Crippen molar-refractivity contribution >= 4 is 11.9 Å². The number of benzene rings is 2. The Hall–Kier alpha value is -2.62. The van der Waals surface area contributed by atoms with Crippen LogP contribution in [0.15, 0.2) is 48.5 Å². The first-order valence-electron chi connectivity index (χ1n) is 17.2. The summed E-state index contributed by atoms with van der Waals surface area (Å²) in [7, 11) is 0. The van der Waals surface area contributed by atoms with E-state index in [0.717, 1.165) is 36.8 Å². The van der Waals surface area contributed by atoms with Crippen molar-refractivity contribution in [2.24, 2.45) is 0 Å². The zero-order valence-corrected chi connectivity index (χ0v) is 27.0. The van der Waals surface area contributed by atoms with E-state index in [-0.39, 0.29) is 18.0 Å². The van der Waals surface area contributed by atoms with Crippen molar-refractivity contribution in [3.05, 3.63) is 54.1 Å². The number of hydrogen-bond donors (Lipinski definition) is 0. The molecule has 4 heteroatoms. The van der Waals surface area contributed by atoms with Gasteiger partial charge in [0.25, 0.3) is 0 Å². The molecule has 0 N–H and O–H groups in total. The Bertz CT molecular complexity index is 964. The lowest BCUT2D eigenvalue weighted by atomic mass is 10.0. The van der Waals surface area contributed by atoms with Crippen LogP contribution in [0.5, 0.6) is 5.75 Å². The molecule has 0 spiro atoms. The lowest BCUT2D eigenvalue weighted by Gasteiger charge is -2.13. The van der Waals surface area contributed by atoms with Gasteiger partial charge in [-0.15, -0.1) is 0 Å². The summed E-state index contributed by atoms with van der Waals surface area (Å²) in [6.07, 6.45) is 24.2. The molecule has 0 fully saturated rings. The predicted molar refractivity (Wildman–Crippen MR) is 176 cm³/mol. The fourth-order valence-electron chi connectivity index (χ4n) is 5.33. The lowest BCUT2D eigenvalue weighted by molar-refractivity contribution is -0.134. The van der Waals surface area contributed by atoms with Crippen LogP contribution in [0, 0.1) is 0 Å². The van der Waals surface area contributed by atoms with Crippen LogP contribution in [0.3, 0.4) is 0 Å². The molecular weight excluding hydrogens is 520 g/mol. The third-order valence-corrected chi connectivity index (χ3v) is 8.05. The number of ether oxygens (including phenoxy) is 2. The SMILES string of the molecule is CCCCCCCCCCCCCCCCC(=O)Oc1ccc(-c2ccc(C(=O)OC(C)CCCCCC)cc2)cc1. The zero-order chi connectivity index (χ0) is 30.3. The molecule has 1 atom stereocenters. The Morgan fingerprint density at radius 3 is 1.50 bits per heavy atom. The van der Waals surface area contributed by atoms with E-state index in [4.69, 9.17) is 9.47 Å². The molecule has 0 amide bonds. The Morgan fingerprint density at radius 2 is 1.00 bits per heavy atom. The van der Waals surface area contributed by atoms with Gasteiger partial charge in [0.05, 0.1) is 11.7 Å². The number of carbonyl (C=O) groups is 2. The summed E-state index contributed by atoms with van der Waals surface area (Å²) in [6.45, 7) is 6.43. The van der Waals surface area contributed by atoms with E-state index >= 15 is 0 Å². The molecule has 0 aliphatic rings. The summed E-state index contributed by atoms with van der Waals surface area (Å²) in [6, 6.07) is 15.0. The molecule has 0 bridgehead atoms. The summed E-state index contributed by atoms with van der Waals surface area (Å²) in [5, 5.41) is 0. The van der Waals surface area contributed by atoms with Gasteiger partial charge in [-0.1, -0.05) is 141 Å². The smallest absolute Gasteiger partial charge is 0.338 e. The van der Waals surface area contributed by atoms with Gasteiger partial charge in [0, 0.05) is 6.42 Å². The molecule has 0 aromatic heterocycles. The van der Waals surface area contributed by atoms with Gasteiger partial charge >= 0.3 is 11.9 Å². The Kier molecular flexibility index (Phi) is 19.4. The Balaban J connectivity index is 1.58. The molecule has 2 rings (SSSR count). The topological polar surface area (TPSA) is 52.6 Å². The van der Waals surface area contributed by atoms with E-state index in [1.54, 1.807) is 0 Å². The molecule has 4 nitrogen and oxygen atoms in total. The number of unbranched alkanes of at least 4 members (excludes halogenated alkanes) is 16. The monoisotopic (exact) mass is 578 g/mol. The third-order valence-electron chi connectivity index (χ3n) is 8.05. The van der Waals surface area contributed by atoms with Crippen molar-refractivity contribution in [1.29, 1.82) is 0 Å². The molecule has 42 heavy (non-hydrogen) atoms. The second-order valence-electron chi connectivity index (χ2n) is 12.0. The highest BCUT2D eigenvalue weighted by Crippen LogP contribution is 2.24. The van der Waals surface area contributed by atoms with Gasteiger partial charge in [0.1, 0.15) is 5.75 Å². The van der Waals surface area contributed by atoms with Crippen LogP contribution in [0.25, 0.3) is 11.1 Å². The van der Waals surface area contributed by atoms with Crippen LogP contribution >= 0.6 is 0 Å². The van der Waals surface area contributed by atoms with Crippen molar-refractivity contribution < 1.29 is 19.1 Å². The van der Waals surface area contributed by atoms with Gasteiger partial charge in [-0.25, -0.2) is 4.79 Å². The quantitative estimate of drug-likeness (QED) is 0.0706.